The molecule has 0 radical (unpaired) electrons. The lowest BCUT2D eigenvalue weighted by Crippen LogP contribution is -1.92. The normalized spacial score (nSPS) is 18.2. The molecule has 1 heterocycles. The molecular weight excluding hydrogens is 205 g/mol. The first-order valence-electron chi connectivity index (χ1n) is 3.02. The van der Waals surface area contributed by atoms with E-state index >= 15 is 0 Å². The fourth-order valence-corrected chi connectivity index (χ4v) is 1.53. The van der Waals surface area contributed by atoms with Crippen LogP contribution in [0, 0.1) is 0 Å². The molecule has 0 fully saturated rings. The molecule has 0 amide bonds. The van der Waals surface area contributed by atoms with Gasteiger partial charge in [0.25, 0.3) is 9.05 Å². The van der Waals surface area contributed by atoms with Gasteiger partial charge in [-0.3, -0.25) is 4.99 Å². The maximum atomic E-state index is 12.6. The van der Waals surface area contributed by atoms with Crippen molar-refractivity contribution in [2.75, 3.05) is 6.54 Å². The molecule has 0 atom stereocenters. The largest absolute Gasteiger partial charge is 0.286 e. The maximum absolute atomic E-state index is 12.6. The average molecular weight is 210 g/mol. The number of aliphatic imine (C=N–C) groups is 1. The lowest BCUT2D eigenvalue weighted by molar-refractivity contribution is 0.615. The Balaban J connectivity index is 3.10. The lowest BCUT2D eigenvalue weighted by atomic mass is 10.4. The Labute approximate surface area is 73.7 Å². The van der Waals surface area contributed by atoms with Crippen LogP contribution in [-0.4, -0.2) is 21.2 Å². The van der Waals surface area contributed by atoms with Crippen molar-refractivity contribution < 1.29 is 12.8 Å². The monoisotopic (exact) mass is 209 g/mol. The minimum atomic E-state index is -3.85. The molecule has 0 aliphatic carbocycles. The molecule has 3 nitrogen and oxygen atoms in total. The van der Waals surface area contributed by atoms with Crippen LogP contribution < -0.4 is 0 Å². The van der Waals surface area contributed by atoms with Gasteiger partial charge in [0.1, 0.15) is 5.83 Å². The summed E-state index contributed by atoms with van der Waals surface area (Å²) in [6.07, 6.45) is 3.02. The van der Waals surface area contributed by atoms with Crippen LogP contribution in [0.15, 0.2) is 27.9 Å². The van der Waals surface area contributed by atoms with Crippen molar-refractivity contribution in [2.24, 2.45) is 4.99 Å². The van der Waals surface area contributed by atoms with Crippen LogP contribution in [0.4, 0.5) is 4.39 Å². The second-order valence-electron chi connectivity index (χ2n) is 2.07. The fraction of sp³-hybridized carbons (Fsp3) is 0.167. The molecule has 0 spiro atoms. The maximum Gasteiger partial charge on any atom is 0.261 e. The zero-order valence-corrected chi connectivity index (χ0v) is 7.44. The molecule has 0 saturated carbocycles. The van der Waals surface area contributed by atoms with Crippen molar-refractivity contribution in [1.82, 2.24) is 0 Å². The van der Waals surface area contributed by atoms with Crippen molar-refractivity contribution >= 4 is 25.9 Å². The first kappa shape index (κ1) is 9.41. The van der Waals surface area contributed by atoms with E-state index < -0.39 is 14.9 Å². The predicted molar refractivity (Wildman–Crippen MR) is 45.4 cm³/mol. The fourth-order valence-electron chi connectivity index (χ4n) is 0.685. The van der Waals surface area contributed by atoms with E-state index in [-0.39, 0.29) is 11.4 Å². The molecule has 0 unspecified atom stereocenters. The van der Waals surface area contributed by atoms with E-state index in [2.05, 4.69) is 4.99 Å². The summed E-state index contributed by atoms with van der Waals surface area (Å²) >= 11 is 0. The van der Waals surface area contributed by atoms with Gasteiger partial charge in [-0.1, -0.05) is 0 Å². The third-order valence-electron chi connectivity index (χ3n) is 1.17. The Hall–Kier alpha value is -0.680. The van der Waals surface area contributed by atoms with E-state index in [1.54, 1.807) is 0 Å². The summed E-state index contributed by atoms with van der Waals surface area (Å²) in [6.45, 7) is 0.116. The quantitative estimate of drug-likeness (QED) is 0.613. The Morgan fingerprint density at radius 3 is 2.83 bits per heavy atom. The van der Waals surface area contributed by atoms with Gasteiger partial charge in [-0.05, 0) is 12.2 Å². The molecule has 0 bridgehead atoms. The van der Waals surface area contributed by atoms with Crippen LogP contribution in [0.3, 0.4) is 0 Å². The van der Waals surface area contributed by atoms with Crippen molar-refractivity contribution in [3.05, 3.63) is 22.9 Å². The van der Waals surface area contributed by atoms with Gasteiger partial charge in [0.05, 0.1) is 17.7 Å². The van der Waals surface area contributed by atoms with Gasteiger partial charge in [0.15, 0.2) is 0 Å². The van der Waals surface area contributed by atoms with Crippen LogP contribution in [-0.2, 0) is 9.05 Å². The Morgan fingerprint density at radius 2 is 2.25 bits per heavy atom. The highest BCUT2D eigenvalue weighted by molar-refractivity contribution is 8.17. The summed E-state index contributed by atoms with van der Waals surface area (Å²) in [7, 11) is 1.14. The number of rotatable bonds is 1. The summed E-state index contributed by atoms with van der Waals surface area (Å²) in [6, 6.07) is 0. The molecule has 0 aromatic heterocycles. The first-order valence-corrected chi connectivity index (χ1v) is 5.33. The van der Waals surface area contributed by atoms with Crippen LogP contribution in [0.25, 0.3) is 0 Å². The third-order valence-corrected chi connectivity index (χ3v) is 2.56. The van der Waals surface area contributed by atoms with Crippen molar-refractivity contribution in [1.29, 1.82) is 0 Å². The summed E-state index contributed by atoms with van der Waals surface area (Å²) in [5.74, 6) is -0.719. The number of hydrogen-bond acceptors (Lipinski definition) is 3. The molecule has 1 aliphatic rings. The number of hydrogen-bond donors (Lipinski definition) is 0. The average Bonchev–Trinajstić information content (AvgIpc) is 2.11. The van der Waals surface area contributed by atoms with Crippen molar-refractivity contribution in [3.8, 4) is 0 Å². The topological polar surface area (TPSA) is 46.5 Å². The zero-order chi connectivity index (χ0) is 9.19. The van der Waals surface area contributed by atoms with E-state index in [9.17, 15) is 12.8 Å². The molecule has 0 saturated heterocycles. The highest BCUT2D eigenvalue weighted by Crippen LogP contribution is 2.16. The van der Waals surface area contributed by atoms with Gasteiger partial charge in [-0.25, -0.2) is 12.8 Å². The van der Waals surface area contributed by atoms with E-state index in [0.29, 0.717) is 0 Å². The molecule has 0 aromatic carbocycles. The smallest absolute Gasteiger partial charge is 0.261 e. The Bertz CT molecular complexity index is 369. The van der Waals surface area contributed by atoms with E-state index in [4.69, 9.17) is 10.7 Å². The number of nitrogens with zero attached hydrogens (tertiary/aromatic N) is 1. The first-order chi connectivity index (χ1) is 5.50. The minimum absolute atomic E-state index is 0.116. The third kappa shape index (κ3) is 2.42. The lowest BCUT2D eigenvalue weighted by Gasteiger charge is -1.92. The second-order valence-corrected chi connectivity index (χ2v) is 4.63. The van der Waals surface area contributed by atoms with Gasteiger partial charge in [0, 0.05) is 10.7 Å². The summed E-state index contributed by atoms with van der Waals surface area (Å²) in [5.41, 5.74) is 0. The van der Waals surface area contributed by atoms with Gasteiger partial charge in [0.2, 0.25) is 0 Å². The molecule has 1 rings (SSSR count). The molecule has 6 heteroatoms. The van der Waals surface area contributed by atoms with E-state index in [1.165, 1.54) is 6.08 Å². The number of halogens is 2. The van der Waals surface area contributed by atoms with E-state index in [0.717, 1.165) is 12.3 Å². The molecular formula is C6H5ClFNO2S. The predicted octanol–water partition coefficient (Wildman–Crippen LogP) is 1.38. The summed E-state index contributed by atoms with van der Waals surface area (Å²) in [5, 5.41) is 0. The zero-order valence-electron chi connectivity index (χ0n) is 5.87. The Morgan fingerprint density at radius 1 is 1.58 bits per heavy atom. The summed E-state index contributed by atoms with van der Waals surface area (Å²) in [4.78, 5) is 3.30. The van der Waals surface area contributed by atoms with Gasteiger partial charge >= 0.3 is 0 Å². The Kier molecular flexibility index (Phi) is 2.64. The molecule has 0 N–H and O–H groups in total. The van der Waals surface area contributed by atoms with Gasteiger partial charge in [-0.15, -0.1) is 0 Å². The van der Waals surface area contributed by atoms with Crippen molar-refractivity contribution in [3.63, 3.8) is 0 Å². The molecule has 0 aromatic rings. The second kappa shape index (κ2) is 3.37. The van der Waals surface area contributed by atoms with Gasteiger partial charge < -0.3 is 0 Å². The molecule has 66 valence electrons. The highest BCUT2D eigenvalue weighted by Gasteiger charge is 2.13. The molecule has 1 aliphatic heterocycles. The van der Waals surface area contributed by atoms with E-state index in [1.807, 2.05) is 0 Å². The van der Waals surface area contributed by atoms with Crippen LogP contribution >= 0.6 is 10.7 Å². The van der Waals surface area contributed by atoms with Crippen LogP contribution in [0.5, 0.6) is 0 Å². The van der Waals surface area contributed by atoms with Crippen molar-refractivity contribution in [2.45, 2.75) is 0 Å². The summed E-state index contributed by atoms with van der Waals surface area (Å²) < 4.78 is 34.0. The SMILES string of the molecule is O=S(=O)(Cl)C1=CCN=CC(F)=C1. The number of allylic oxidation sites excluding steroid dienone is 2. The standard InChI is InChI=1S/C6H5ClFNO2S/c7-12(10,11)6-1-2-9-4-5(8)3-6/h1,3-4H,2H2. The van der Waals surface area contributed by atoms with Crippen LogP contribution in [0.1, 0.15) is 0 Å². The molecule has 12 heavy (non-hydrogen) atoms. The highest BCUT2D eigenvalue weighted by atomic mass is 35.7. The van der Waals surface area contributed by atoms with Gasteiger partial charge in [-0.2, -0.15) is 0 Å². The van der Waals surface area contributed by atoms with Crippen LogP contribution in [0.2, 0.25) is 0 Å². The minimum Gasteiger partial charge on any atom is -0.286 e.